The first-order chi connectivity index (χ1) is 9.26. The molecule has 0 fully saturated rings. The second-order valence-corrected chi connectivity index (χ2v) is 4.18. The van der Waals surface area contributed by atoms with Crippen LogP contribution in [0.5, 0.6) is 5.75 Å². The van der Waals surface area contributed by atoms with E-state index in [0.717, 1.165) is 12.2 Å². The molecule has 0 bridgehead atoms. The van der Waals surface area contributed by atoms with Crippen LogP contribution in [0.3, 0.4) is 0 Å². The number of ether oxygens (including phenoxy) is 3. The van der Waals surface area contributed by atoms with E-state index in [1.165, 1.54) is 5.56 Å². The van der Waals surface area contributed by atoms with Crippen LogP contribution in [0.2, 0.25) is 0 Å². The molecule has 0 aromatic heterocycles. The van der Waals surface area contributed by atoms with Crippen LogP contribution in [0, 0.1) is 0 Å². The predicted molar refractivity (Wildman–Crippen MR) is 74.5 cm³/mol. The van der Waals surface area contributed by atoms with Crippen molar-refractivity contribution in [2.24, 2.45) is 0 Å². The van der Waals surface area contributed by atoms with E-state index >= 15 is 0 Å². The first-order valence-electron chi connectivity index (χ1n) is 6.33. The van der Waals surface area contributed by atoms with Crippen LogP contribution in [-0.4, -0.2) is 44.7 Å². The fourth-order valence-electron chi connectivity index (χ4n) is 1.50. The fourth-order valence-corrected chi connectivity index (χ4v) is 1.50. The lowest BCUT2D eigenvalue weighted by molar-refractivity contribution is 0.0214. The van der Waals surface area contributed by atoms with Crippen LogP contribution in [0.1, 0.15) is 5.56 Å². The van der Waals surface area contributed by atoms with Crippen molar-refractivity contribution in [2.75, 3.05) is 33.5 Å². The Morgan fingerprint density at radius 3 is 2.63 bits per heavy atom. The quantitative estimate of drug-likeness (QED) is 0.518. The van der Waals surface area contributed by atoms with Crippen LogP contribution in [0.4, 0.5) is 0 Å². The maximum absolute atomic E-state index is 9.61. The van der Waals surface area contributed by atoms with E-state index in [1.807, 2.05) is 24.3 Å². The average molecular weight is 266 g/mol. The second kappa shape index (κ2) is 9.55. The van der Waals surface area contributed by atoms with E-state index in [0.29, 0.717) is 13.2 Å². The summed E-state index contributed by atoms with van der Waals surface area (Å²) in [6.07, 6.45) is 1.90. The largest absolute Gasteiger partial charge is 0.491 e. The Labute approximate surface area is 114 Å². The van der Waals surface area contributed by atoms with Gasteiger partial charge in [-0.05, 0) is 24.1 Å². The van der Waals surface area contributed by atoms with E-state index in [9.17, 15) is 5.11 Å². The van der Waals surface area contributed by atoms with E-state index < -0.39 is 6.10 Å². The molecule has 1 aromatic rings. The normalized spacial score (nSPS) is 12.1. The SMILES string of the molecule is C=CCOCC(O)COc1ccc(CCOC)cc1. The van der Waals surface area contributed by atoms with Gasteiger partial charge in [-0.3, -0.25) is 0 Å². The van der Waals surface area contributed by atoms with Gasteiger partial charge < -0.3 is 19.3 Å². The molecule has 0 saturated carbocycles. The minimum absolute atomic E-state index is 0.217. The van der Waals surface area contributed by atoms with Crippen molar-refractivity contribution >= 4 is 0 Å². The number of aliphatic hydroxyl groups is 1. The van der Waals surface area contributed by atoms with Crippen molar-refractivity contribution in [1.29, 1.82) is 0 Å². The van der Waals surface area contributed by atoms with Crippen LogP contribution < -0.4 is 4.74 Å². The first-order valence-corrected chi connectivity index (χ1v) is 6.33. The van der Waals surface area contributed by atoms with Crippen LogP contribution >= 0.6 is 0 Å². The van der Waals surface area contributed by atoms with Gasteiger partial charge in [-0.1, -0.05) is 18.2 Å². The summed E-state index contributed by atoms with van der Waals surface area (Å²) in [7, 11) is 1.69. The predicted octanol–water partition coefficient (Wildman–Crippen LogP) is 1.82. The van der Waals surface area contributed by atoms with Gasteiger partial charge in [-0.15, -0.1) is 6.58 Å². The van der Waals surface area contributed by atoms with Crippen LogP contribution in [0.15, 0.2) is 36.9 Å². The summed E-state index contributed by atoms with van der Waals surface area (Å²) in [4.78, 5) is 0. The molecular weight excluding hydrogens is 244 g/mol. The Bertz CT molecular complexity index is 348. The Balaban J connectivity index is 2.26. The summed E-state index contributed by atoms with van der Waals surface area (Å²) < 4.78 is 15.6. The summed E-state index contributed by atoms with van der Waals surface area (Å²) in [5, 5.41) is 9.61. The monoisotopic (exact) mass is 266 g/mol. The lowest BCUT2D eigenvalue weighted by Crippen LogP contribution is -2.23. The maximum atomic E-state index is 9.61. The molecule has 106 valence electrons. The smallest absolute Gasteiger partial charge is 0.119 e. The highest BCUT2D eigenvalue weighted by atomic mass is 16.5. The maximum Gasteiger partial charge on any atom is 0.119 e. The average Bonchev–Trinajstić information content (AvgIpc) is 2.44. The molecule has 0 heterocycles. The summed E-state index contributed by atoms with van der Waals surface area (Å²) in [6, 6.07) is 7.77. The summed E-state index contributed by atoms with van der Waals surface area (Å²) in [6.45, 7) is 5.14. The highest BCUT2D eigenvalue weighted by Crippen LogP contribution is 2.13. The molecule has 0 amide bonds. The van der Waals surface area contributed by atoms with Crippen molar-refractivity contribution in [1.82, 2.24) is 0 Å². The molecule has 1 N–H and O–H groups in total. The summed E-state index contributed by atoms with van der Waals surface area (Å²) in [5.74, 6) is 0.740. The number of hydrogen-bond donors (Lipinski definition) is 1. The van der Waals surface area contributed by atoms with E-state index in [-0.39, 0.29) is 13.2 Å². The van der Waals surface area contributed by atoms with E-state index in [2.05, 4.69) is 6.58 Å². The van der Waals surface area contributed by atoms with Crippen molar-refractivity contribution in [2.45, 2.75) is 12.5 Å². The topological polar surface area (TPSA) is 47.9 Å². The van der Waals surface area contributed by atoms with Gasteiger partial charge in [0.2, 0.25) is 0 Å². The summed E-state index contributed by atoms with van der Waals surface area (Å²) in [5.41, 5.74) is 1.20. The zero-order chi connectivity index (χ0) is 13.9. The minimum atomic E-state index is -0.631. The van der Waals surface area contributed by atoms with Gasteiger partial charge >= 0.3 is 0 Å². The third kappa shape index (κ3) is 6.96. The molecule has 1 rings (SSSR count). The molecule has 0 aliphatic carbocycles. The molecule has 19 heavy (non-hydrogen) atoms. The summed E-state index contributed by atoms with van der Waals surface area (Å²) >= 11 is 0. The van der Waals surface area contributed by atoms with Crippen molar-refractivity contribution in [3.05, 3.63) is 42.5 Å². The molecule has 0 aliphatic heterocycles. The van der Waals surface area contributed by atoms with E-state index in [1.54, 1.807) is 13.2 Å². The Hall–Kier alpha value is -1.36. The number of rotatable bonds is 10. The molecule has 0 aliphatic rings. The van der Waals surface area contributed by atoms with E-state index in [4.69, 9.17) is 14.2 Å². The fraction of sp³-hybridized carbons (Fsp3) is 0.467. The van der Waals surface area contributed by atoms with Gasteiger partial charge in [0.15, 0.2) is 0 Å². The molecular formula is C15H22O4. The second-order valence-electron chi connectivity index (χ2n) is 4.18. The lowest BCUT2D eigenvalue weighted by Gasteiger charge is -2.12. The Morgan fingerprint density at radius 1 is 1.26 bits per heavy atom. The Morgan fingerprint density at radius 2 is 2.00 bits per heavy atom. The third-order valence-electron chi connectivity index (χ3n) is 2.51. The molecule has 1 atom stereocenters. The van der Waals surface area contributed by atoms with Crippen LogP contribution in [-0.2, 0) is 15.9 Å². The highest BCUT2D eigenvalue weighted by Gasteiger charge is 2.05. The molecule has 0 saturated heterocycles. The van der Waals surface area contributed by atoms with Gasteiger partial charge in [0, 0.05) is 7.11 Å². The van der Waals surface area contributed by atoms with Gasteiger partial charge in [-0.2, -0.15) is 0 Å². The molecule has 4 heteroatoms. The van der Waals surface area contributed by atoms with Gasteiger partial charge in [0.05, 0.1) is 19.8 Å². The van der Waals surface area contributed by atoms with Gasteiger partial charge in [-0.25, -0.2) is 0 Å². The highest BCUT2D eigenvalue weighted by molar-refractivity contribution is 5.27. The van der Waals surface area contributed by atoms with Crippen LogP contribution in [0.25, 0.3) is 0 Å². The lowest BCUT2D eigenvalue weighted by atomic mass is 10.1. The van der Waals surface area contributed by atoms with Gasteiger partial charge in [0.1, 0.15) is 18.5 Å². The first kappa shape index (κ1) is 15.7. The van der Waals surface area contributed by atoms with Crippen molar-refractivity contribution < 1.29 is 19.3 Å². The molecule has 4 nitrogen and oxygen atoms in total. The number of methoxy groups -OCH3 is 1. The Kier molecular flexibility index (Phi) is 7.89. The zero-order valence-electron chi connectivity index (χ0n) is 11.4. The minimum Gasteiger partial charge on any atom is -0.491 e. The van der Waals surface area contributed by atoms with Crippen molar-refractivity contribution in [3.8, 4) is 5.75 Å². The molecule has 1 unspecified atom stereocenters. The zero-order valence-corrected chi connectivity index (χ0v) is 11.4. The number of hydrogen-bond acceptors (Lipinski definition) is 4. The molecule has 1 aromatic carbocycles. The molecule has 0 radical (unpaired) electrons. The number of benzene rings is 1. The number of aliphatic hydroxyl groups excluding tert-OH is 1. The van der Waals surface area contributed by atoms with Crippen molar-refractivity contribution in [3.63, 3.8) is 0 Å². The standard InChI is InChI=1S/C15H22O4/c1-3-9-18-11-14(16)12-19-15-6-4-13(5-7-15)8-10-17-2/h3-7,14,16H,1,8-12H2,2H3. The molecule has 0 spiro atoms. The third-order valence-corrected chi connectivity index (χ3v) is 2.51. The van der Waals surface area contributed by atoms with Gasteiger partial charge in [0.25, 0.3) is 0 Å².